The molecule has 0 spiro atoms. The molecule has 0 aliphatic heterocycles. The number of nitrogens with two attached hydrogens (primary N) is 1. The van der Waals surface area contributed by atoms with Gasteiger partial charge in [0.25, 0.3) is 5.91 Å². The quantitative estimate of drug-likeness (QED) is 0.297. The van der Waals surface area contributed by atoms with Crippen LogP contribution in [0.5, 0.6) is 0 Å². The van der Waals surface area contributed by atoms with E-state index >= 15 is 0 Å². The Bertz CT molecular complexity index is 935. The van der Waals surface area contributed by atoms with Gasteiger partial charge in [-0.2, -0.15) is 0 Å². The fraction of sp³-hybridized carbons (Fsp3) is 0.677. The van der Waals surface area contributed by atoms with Crippen LogP contribution >= 0.6 is 0 Å². The van der Waals surface area contributed by atoms with E-state index in [-0.39, 0.29) is 22.9 Å². The SMILES string of the molecule is C=C(CN(C)C1CCCCC1)C(=O)N(C(CC)c1ccc(C(=O)O)cc1)C1(N)CCC(C(C)(C)C)CC1. The van der Waals surface area contributed by atoms with E-state index in [1.807, 2.05) is 17.0 Å². The van der Waals surface area contributed by atoms with E-state index in [0.717, 1.165) is 31.2 Å². The minimum absolute atomic E-state index is 0.0754. The molecule has 2 aliphatic rings. The first-order valence-corrected chi connectivity index (χ1v) is 14.2. The molecule has 37 heavy (non-hydrogen) atoms. The lowest BCUT2D eigenvalue weighted by atomic mass is 9.69. The molecule has 1 unspecified atom stereocenters. The van der Waals surface area contributed by atoms with E-state index in [9.17, 15) is 14.7 Å². The van der Waals surface area contributed by atoms with E-state index in [2.05, 4.69) is 46.2 Å². The van der Waals surface area contributed by atoms with Crippen molar-refractivity contribution in [2.45, 2.75) is 110 Å². The molecule has 6 heteroatoms. The zero-order chi connectivity index (χ0) is 27.4. The number of carbonyl (C=O) groups is 2. The second-order valence-electron chi connectivity index (χ2n) is 12.6. The van der Waals surface area contributed by atoms with Crippen molar-refractivity contribution in [3.8, 4) is 0 Å². The average molecular weight is 512 g/mol. The molecule has 1 aromatic rings. The third-order valence-electron chi connectivity index (χ3n) is 8.96. The molecule has 2 aliphatic carbocycles. The van der Waals surface area contributed by atoms with Crippen LogP contribution in [0.1, 0.15) is 114 Å². The predicted octanol–water partition coefficient (Wildman–Crippen LogP) is 6.38. The number of carboxylic acid groups (broad SMARTS) is 1. The van der Waals surface area contributed by atoms with Crippen molar-refractivity contribution in [2.24, 2.45) is 17.1 Å². The molecule has 0 radical (unpaired) electrons. The van der Waals surface area contributed by atoms with Crippen molar-refractivity contribution < 1.29 is 14.7 Å². The van der Waals surface area contributed by atoms with Crippen molar-refractivity contribution in [2.75, 3.05) is 13.6 Å². The van der Waals surface area contributed by atoms with Gasteiger partial charge in [-0.15, -0.1) is 0 Å². The standard InChI is InChI=1S/C31H49N3O3/c1-7-27(23-13-15-24(16-14-23)29(36)37)34(31(32)19-17-25(18-20-31)30(3,4)5)28(35)22(2)21-33(6)26-11-9-8-10-12-26/h13-16,25-27H,2,7-12,17-21,32H2,1,3-6H3,(H,36,37). The molecule has 0 bridgehead atoms. The van der Waals surface area contributed by atoms with Crippen LogP contribution in [0.15, 0.2) is 36.4 Å². The van der Waals surface area contributed by atoms with Crippen LogP contribution in [0.4, 0.5) is 0 Å². The molecule has 6 nitrogen and oxygen atoms in total. The van der Waals surface area contributed by atoms with E-state index in [0.29, 0.717) is 30.5 Å². The van der Waals surface area contributed by atoms with Crippen LogP contribution in [0.2, 0.25) is 0 Å². The number of hydrogen-bond donors (Lipinski definition) is 2. The Labute approximate surface area is 224 Å². The third-order valence-corrected chi connectivity index (χ3v) is 8.96. The molecule has 0 aromatic heterocycles. The van der Waals surface area contributed by atoms with Crippen molar-refractivity contribution in [1.29, 1.82) is 0 Å². The van der Waals surface area contributed by atoms with Gasteiger partial charge in [0.15, 0.2) is 0 Å². The van der Waals surface area contributed by atoms with Gasteiger partial charge in [0, 0.05) is 18.2 Å². The summed E-state index contributed by atoms with van der Waals surface area (Å²) < 4.78 is 0. The lowest BCUT2D eigenvalue weighted by Gasteiger charge is -2.51. The highest BCUT2D eigenvalue weighted by Gasteiger charge is 2.45. The Morgan fingerprint density at radius 1 is 1.08 bits per heavy atom. The van der Waals surface area contributed by atoms with Crippen LogP contribution < -0.4 is 5.73 Å². The minimum Gasteiger partial charge on any atom is -0.478 e. The Morgan fingerprint density at radius 2 is 1.65 bits per heavy atom. The minimum atomic E-state index is -0.956. The summed E-state index contributed by atoms with van der Waals surface area (Å²) in [5.74, 6) is -0.465. The van der Waals surface area contributed by atoms with Crippen LogP contribution in [-0.2, 0) is 4.79 Å². The highest BCUT2D eigenvalue weighted by molar-refractivity contribution is 5.94. The summed E-state index contributed by atoms with van der Waals surface area (Å²) in [4.78, 5) is 29.9. The van der Waals surface area contributed by atoms with Crippen LogP contribution in [0, 0.1) is 11.3 Å². The molecule has 1 amide bonds. The summed E-state index contributed by atoms with van der Waals surface area (Å²) in [5.41, 5.74) is 8.34. The Morgan fingerprint density at radius 3 is 2.14 bits per heavy atom. The number of carbonyl (C=O) groups excluding carboxylic acids is 1. The van der Waals surface area contributed by atoms with Gasteiger partial charge in [0.2, 0.25) is 0 Å². The summed E-state index contributed by atoms with van der Waals surface area (Å²) in [6.07, 6.45) is 10.3. The van der Waals surface area contributed by atoms with Gasteiger partial charge < -0.3 is 15.7 Å². The second kappa shape index (κ2) is 12.1. The van der Waals surface area contributed by atoms with Crippen LogP contribution in [0.25, 0.3) is 0 Å². The van der Waals surface area contributed by atoms with Crippen molar-refractivity contribution in [1.82, 2.24) is 9.80 Å². The number of hydrogen-bond acceptors (Lipinski definition) is 4. The summed E-state index contributed by atoms with van der Waals surface area (Å²) in [6.45, 7) is 13.7. The fourth-order valence-corrected chi connectivity index (χ4v) is 6.48. The highest BCUT2D eigenvalue weighted by atomic mass is 16.4. The predicted molar refractivity (Wildman–Crippen MR) is 150 cm³/mol. The molecular formula is C31H49N3O3. The zero-order valence-corrected chi connectivity index (χ0v) is 23.8. The number of carboxylic acids is 1. The van der Waals surface area contributed by atoms with Gasteiger partial charge in [-0.3, -0.25) is 9.69 Å². The largest absolute Gasteiger partial charge is 0.478 e. The lowest BCUT2D eigenvalue weighted by molar-refractivity contribution is -0.140. The summed E-state index contributed by atoms with van der Waals surface area (Å²) >= 11 is 0. The molecule has 0 heterocycles. The van der Waals surface area contributed by atoms with Gasteiger partial charge in [-0.1, -0.05) is 65.7 Å². The molecule has 1 atom stereocenters. The first-order chi connectivity index (χ1) is 17.4. The van der Waals surface area contributed by atoms with Gasteiger partial charge in [-0.25, -0.2) is 4.79 Å². The summed E-state index contributed by atoms with van der Waals surface area (Å²) in [5, 5.41) is 9.37. The van der Waals surface area contributed by atoms with Crippen molar-refractivity contribution >= 4 is 11.9 Å². The average Bonchev–Trinajstić information content (AvgIpc) is 2.87. The smallest absolute Gasteiger partial charge is 0.335 e. The van der Waals surface area contributed by atoms with E-state index in [1.54, 1.807) is 12.1 Å². The van der Waals surface area contributed by atoms with E-state index in [4.69, 9.17) is 5.73 Å². The molecule has 206 valence electrons. The first kappa shape index (κ1) is 29.4. The molecule has 3 N–H and O–H groups in total. The first-order valence-electron chi connectivity index (χ1n) is 14.2. The maximum atomic E-state index is 14.2. The number of nitrogens with zero attached hydrogens (tertiary/aromatic N) is 2. The maximum Gasteiger partial charge on any atom is 0.335 e. The Kier molecular flexibility index (Phi) is 9.62. The number of benzene rings is 1. The topological polar surface area (TPSA) is 86.9 Å². The second-order valence-corrected chi connectivity index (χ2v) is 12.6. The van der Waals surface area contributed by atoms with Gasteiger partial charge in [0.05, 0.1) is 17.3 Å². The zero-order valence-electron chi connectivity index (χ0n) is 23.8. The fourth-order valence-electron chi connectivity index (χ4n) is 6.48. The third kappa shape index (κ3) is 7.02. The monoisotopic (exact) mass is 511 g/mol. The number of amides is 1. The molecule has 2 fully saturated rings. The Balaban J connectivity index is 1.90. The number of aromatic carboxylic acids is 1. The Hall–Kier alpha value is -2.18. The maximum absolute atomic E-state index is 14.2. The van der Waals surface area contributed by atoms with Crippen LogP contribution in [0.3, 0.4) is 0 Å². The van der Waals surface area contributed by atoms with Gasteiger partial charge in [0.1, 0.15) is 0 Å². The summed E-state index contributed by atoms with van der Waals surface area (Å²) in [7, 11) is 2.10. The lowest BCUT2D eigenvalue weighted by Crippen LogP contribution is -2.62. The van der Waals surface area contributed by atoms with Crippen LogP contribution in [-0.4, -0.2) is 52.1 Å². The van der Waals surface area contributed by atoms with E-state index < -0.39 is 11.6 Å². The van der Waals surface area contributed by atoms with Crippen molar-refractivity contribution in [3.05, 3.63) is 47.5 Å². The van der Waals surface area contributed by atoms with Gasteiger partial charge in [-0.05, 0) is 81.0 Å². The molecule has 2 saturated carbocycles. The molecular weight excluding hydrogens is 462 g/mol. The molecule has 1 aromatic carbocycles. The normalized spacial score (nSPS) is 24.0. The van der Waals surface area contributed by atoms with Crippen molar-refractivity contribution in [3.63, 3.8) is 0 Å². The number of rotatable bonds is 9. The van der Waals surface area contributed by atoms with Gasteiger partial charge >= 0.3 is 5.97 Å². The molecule has 3 rings (SSSR count). The highest BCUT2D eigenvalue weighted by Crippen LogP contribution is 2.44. The number of likely N-dealkylation sites (N-methyl/N-ethyl adjacent to an activating group) is 1. The summed E-state index contributed by atoms with van der Waals surface area (Å²) in [6, 6.07) is 7.15. The van der Waals surface area contributed by atoms with E-state index in [1.165, 1.54) is 32.1 Å². The molecule has 0 saturated heterocycles.